The molecule has 2 saturated heterocycles. The van der Waals surface area contributed by atoms with Gasteiger partial charge >= 0.3 is 0 Å². The average molecular weight is 525 g/mol. The van der Waals surface area contributed by atoms with Crippen LogP contribution in [0.2, 0.25) is 0 Å². The minimum Gasteiger partial charge on any atom is -0.379 e. The Morgan fingerprint density at radius 2 is 2.03 bits per heavy atom. The molecule has 0 radical (unpaired) electrons. The second-order valence-corrected chi connectivity index (χ2v) is 7.80. The first-order valence-corrected chi connectivity index (χ1v) is 10.4. The molecule has 4 heterocycles. The summed E-state index contributed by atoms with van der Waals surface area (Å²) in [7, 11) is 1.86. The van der Waals surface area contributed by atoms with E-state index in [1.807, 2.05) is 37.8 Å². The summed E-state index contributed by atoms with van der Waals surface area (Å²) in [5.41, 5.74) is 3.21. The van der Waals surface area contributed by atoms with Crippen LogP contribution in [0.3, 0.4) is 0 Å². The van der Waals surface area contributed by atoms with Crippen LogP contribution >= 0.6 is 24.0 Å². The molecule has 2 aromatic rings. The van der Waals surface area contributed by atoms with Crippen molar-refractivity contribution in [3.63, 3.8) is 0 Å². The van der Waals surface area contributed by atoms with E-state index in [0.717, 1.165) is 68.1 Å². The van der Waals surface area contributed by atoms with Gasteiger partial charge in [0.25, 0.3) is 0 Å². The van der Waals surface area contributed by atoms with Crippen LogP contribution in [0, 0.1) is 13.8 Å². The molecule has 164 valence electrons. The molecule has 0 bridgehead atoms. The number of nitrogens with one attached hydrogen (secondary N) is 1. The van der Waals surface area contributed by atoms with Gasteiger partial charge in [0, 0.05) is 57.7 Å². The molecular formula is C21H32IN7O. The van der Waals surface area contributed by atoms with Crippen LogP contribution in [0.1, 0.15) is 23.4 Å². The zero-order valence-corrected chi connectivity index (χ0v) is 20.4. The lowest BCUT2D eigenvalue weighted by Crippen LogP contribution is -2.46. The molecule has 2 aromatic heterocycles. The molecule has 4 rings (SSSR count). The molecular weight excluding hydrogens is 493 g/mol. The van der Waals surface area contributed by atoms with Crippen molar-refractivity contribution in [2.75, 3.05) is 46.4 Å². The molecule has 0 aromatic carbocycles. The fourth-order valence-electron chi connectivity index (χ4n) is 4.20. The van der Waals surface area contributed by atoms with E-state index in [2.05, 4.69) is 42.3 Å². The van der Waals surface area contributed by atoms with Gasteiger partial charge in [-0.2, -0.15) is 5.10 Å². The first kappa shape index (κ1) is 23.0. The Labute approximate surface area is 195 Å². The van der Waals surface area contributed by atoms with Gasteiger partial charge in [-0.3, -0.25) is 9.89 Å². The lowest BCUT2D eigenvalue weighted by Gasteiger charge is -2.32. The third-order valence-electron chi connectivity index (χ3n) is 5.72. The van der Waals surface area contributed by atoms with E-state index >= 15 is 0 Å². The third kappa shape index (κ3) is 5.30. The number of likely N-dealkylation sites (tertiary alicyclic amines) is 1. The van der Waals surface area contributed by atoms with Crippen LogP contribution in [0.15, 0.2) is 29.4 Å². The first-order chi connectivity index (χ1) is 14.1. The Balaban J connectivity index is 0.00000256. The van der Waals surface area contributed by atoms with Crippen LogP contribution in [0.4, 0.5) is 0 Å². The molecule has 1 unspecified atom stereocenters. The summed E-state index contributed by atoms with van der Waals surface area (Å²) in [6, 6.07) is 6.77. The van der Waals surface area contributed by atoms with Crippen LogP contribution in [0.5, 0.6) is 0 Å². The van der Waals surface area contributed by atoms with Crippen LogP contribution in [-0.2, 0) is 11.3 Å². The number of halogens is 1. The SMILES string of the molecule is CN=C(NCc1ccc(-n2nc(C)cc2C)nc1)N1CCC(N2CCOCC2)C1.I. The predicted octanol–water partition coefficient (Wildman–Crippen LogP) is 1.98. The van der Waals surface area contributed by atoms with Crippen molar-refractivity contribution in [1.82, 2.24) is 29.9 Å². The summed E-state index contributed by atoms with van der Waals surface area (Å²) in [6.07, 6.45) is 3.09. The highest BCUT2D eigenvalue weighted by Crippen LogP contribution is 2.17. The number of ether oxygens (including phenoxy) is 1. The molecule has 9 heteroatoms. The highest BCUT2D eigenvalue weighted by molar-refractivity contribution is 14.0. The standard InChI is InChI=1S/C21H31N7O.HI/c1-16-12-17(2)28(25-16)20-5-4-18(13-23-20)14-24-21(22-3)27-7-6-19(15-27)26-8-10-29-11-9-26;/h4-5,12-13,19H,6-11,14-15H2,1-3H3,(H,22,24);1H. The average Bonchev–Trinajstić information content (AvgIpc) is 3.36. The molecule has 0 saturated carbocycles. The van der Waals surface area contributed by atoms with E-state index in [1.165, 1.54) is 6.42 Å². The van der Waals surface area contributed by atoms with Crippen molar-refractivity contribution in [1.29, 1.82) is 0 Å². The van der Waals surface area contributed by atoms with E-state index in [4.69, 9.17) is 4.74 Å². The van der Waals surface area contributed by atoms with Crippen molar-refractivity contribution in [2.24, 2.45) is 4.99 Å². The number of rotatable bonds is 4. The van der Waals surface area contributed by atoms with Crippen LogP contribution < -0.4 is 5.32 Å². The van der Waals surface area contributed by atoms with Gasteiger partial charge in [0.1, 0.15) is 0 Å². The number of pyridine rings is 1. The summed E-state index contributed by atoms with van der Waals surface area (Å²) in [5.74, 6) is 1.81. The largest absolute Gasteiger partial charge is 0.379 e. The van der Waals surface area contributed by atoms with Gasteiger partial charge in [-0.15, -0.1) is 24.0 Å². The number of aryl methyl sites for hydroxylation is 2. The van der Waals surface area contributed by atoms with Gasteiger partial charge in [-0.25, -0.2) is 9.67 Å². The normalized spacial score (nSPS) is 20.3. The van der Waals surface area contributed by atoms with Crippen LogP contribution in [-0.4, -0.2) is 83.0 Å². The second kappa shape index (κ2) is 10.5. The lowest BCUT2D eigenvalue weighted by atomic mass is 10.2. The van der Waals surface area contributed by atoms with Crippen molar-refractivity contribution < 1.29 is 4.74 Å². The highest BCUT2D eigenvalue weighted by atomic mass is 127. The molecule has 0 amide bonds. The maximum absolute atomic E-state index is 5.48. The minimum atomic E-state index is 0. The molecule has 0 spiro atoms. The summed E-state index contributed by atoms with van der Waals surface area (Å²) in [4.78, 5) is 14.0. The van der Waals surface area contributed by atoms with E-state index in [1.54, 1.807) is 0 Å². The number of hydrogen-bond donors (Lipinski definition) is 1. The zero-order valence-electron chi connectivity index (χ0n) is 18.0. The summed E-state index contributed by atoms with van der Waals surface area (Å²) >= 11 is 0. The molecule has 30 heavy (non-hydrogen) atoms. The highest BCUT2D eigenvalue weighted by Gasteiger charge is 2.30. The molecule has 1 N–H and O–H groups in total. The monoisotopic (exact) mass is 525 g/mol. The molecule has 2 aliphatic rings. The maximum atomic E-state index is 5.48. The van der Waals surface area contributed by atoms with Crippen LogP contribution in [0.25, 0.3) is 5.82 Å². The first-order valence-electron chi connectivity index (χ1n) is 10.4. The van der Waals surface area contributed by atoms with E-state index in [-0.39, 0.29) is 24.0 Å². The predicted molar refractivity (Wildman–Crippen MR) is 129 cm³/mol. The van der Waals surface area contributed by atoms with Gasteiger partial charge in [0.15, 0.2) is 11.8 Å². The summed E-state index contributed by atoms with van der Waals surface area (Å²) in [5, 5.41) is 7.99. The van der Waals surface area contributed by atoms with E-state index in [9.17, 15) is 0 Å². The van der Waals surface area contributed by atoms with Crippen molar-refractivity contribution in [2.45, 2.75) is 32.9 Å². The number of aliphatic imine (C=N–C) groups is 1. The number of morpholine rings is 1. The third-order valence-corrected chi connectivity index (χ3v) is 5.72. The van der Waals surface area contributed by atoms with E-state index < -0.39 is 0 Å². The Morgan fingerprint density at radius 1 is 1.23 bits per heavy atom. The van der Waals surface area contributed by atoms with Crippen molar-refractivity contribution in [3.05, 3.63) is 41.3 Å². The van der Waals surface area contributed by atoms with Gasteiger partial charge in [0.2, 0.25) is 0 Å². The second-order valence-electron chi connectivity index (χ2n) is 7.80. The number of nitrogens with zero attached hydrogens (tertiary/aromatic N) is 6. The van der Waals surface area contributed by atoms with Gasteiger partial charge in [0.05, 0.1) is 18.9 Å². The Hall–Kier alpha value is -1.72. The fraction of sp³-hybridized carbons (Fsp3) is 0.571. The lowest BCUT2D eigenvalue weighted by molar-refractivity contribution is 0.0195. The van der Waals surface area contributed by atoms with Crippen molar-refractivity contribution in [3.8, 4) is 5.82 Å². The number of guanidine groups is 1. The molecule has 8 nitrogen and oxygen atoms in total. The number of aromatic nitrogens is 3. The minimum absolute atomic E-state index is 0. The molecule has 2 fully saturated rings. The van der Waals surface area contributed by atoms with Gasteiger partial charge in [-0.1, -0.05) is 6.07 Å². The topological polar surface area (TPSA) is 70.8 Å². The summed E-state index contributed by atoms with van der Waals surface area (Å²) < 4.78 is 7.36. The Bertz CT molecular complexity index is 846. The Kier molecular flexibility index (Phi) is 8.06. The quantitative estimate of drug-likeness (QED) is 0.374. The number of hydrogen-bond acceptors (Lipinski definition) is 5. The molecule has 1 atom stereocenters. The fourth-order valence-corrected chi connectivity index (χ4v) is 4.20. The maximum Gasteiger partial charge on any atom is 0.193 e. The van der Waals surface area contributed by atoms with Gasteiger partial charge in [-0.05, 0) is 38.0 Å². The van der Waals surface area contributed by atoms with Crippen molar-refractivity contribution >= 4 is 29.9 Å². The zero-order chi connectivity index (χ0) is 20.2. The van der Waals surface area contributed by atoms with E-state index in [0.29, 0.717) is 12.6 Å². The Morgan fingerprint density at radius 3 is 2.67 bits per heavy atom. The molecule has 0 aliphatic carbocycles. The summed E-state index contributed by atoms with van der Waals surface area (Å²) in [6.45, 7) is 10.6. The van der Waals surface area contributed by atoms with Gasteiger partial charge < -0.3 is 15.0 Å². The molecule has 2 aliphatic heterocycles. The smallest absolute Gasteiger partial charge is 0.193 e.